The predicted molar refractivity (Wildman–Crippen MR) is 79.1 cm³/mol. The number of esters is 1. The van der Waals surface area contributed by atoms with Crippen molar-refractivity contribution in [3.05, 3.63) is 54.1 Å². The van der Waals surface area contributed by atoms with Crippen molar-refractivity contribution in [3.8, 4) is 17.4 Å². The second-order valence-electron chi connectivity index (χ2n) is 4.61. The maximum absolute atomic E-state index is 11.6. The van der Waals surface area contributed by atoms with E-state index in [-0.39, 0.29) is 25.0 Å². The molecule has 0 N–H and O–H groups in total. The third kappa shape index (κ3) is 3.86. The summed E-state index contributed by atoms with van der Waals surface area (Å²) in [6.45, 7) is -0.445. The number of carbonyl (C=O) groups excluding carboxylic acids is 2. The third-order valence-corrected chi connectivity index (χ3v) is 2.93. The first-order valence-electron chi connectivity index (χ1n) is 6.94. The quantitative estimate of drug-likeness (QED) is 0.480. The van der Waals surface area contributed by atoms with Crippen LogP contribution in [0.15, 0.2) is 51.5 Å². The van der Waals surface area contributed by atoms with Crippen LogP contribution in [0.1, 0.15) is 16.2 Å². The summed E-state index contributed by atoms with van der Waals surface area (Å²) in [5.74, 6) is 0.646. The number of hydrogen-bond acceptors (Lipinski definition) is 8. The molecule has 0 fully saturated rings. The first kappa shape index (κ1) is 15.5. The van der Waals surface area contributed by atoms with Gasteiger partial charge in [0.15, 0.2) is 19.0 Å². The molecule has 1 aromatic carbocycles. The highest BCUT2D eigenvalue weighted by atomic mass is 16.6. The van der Waals surface area contributed by atoms with E-state index < -0.39 is 5.97 Å². The molecule has 3 rings (SSSR count). The first-order chi connectivity index (χ1) is 11.7. The van der Waals surface area contributed by atoms with E-state index in [1.54, 1.807) is 36.4 Å². The molecular weight excluding hydrogens is 316 g/mol. The summed E-state index contributed by atoms with van der Waals surface area (Å²) in [6.07, 6.45) is 2.21. The Labute approximate surface area is 136 Å². The van der Waals surface area contributed by atoms with Gasteiger partial charge < -0.3 is 18.3 Å². The monoisotopic (exact) mass is 328 g/mol. The van der Waals surface area contributed by atoms with Gasteiger partial charge in [-0.15, -0.1) is 10.2 Å². The summed E-state index contributed by atoms with van der Waals surface area (Å²) in [4.78, 5) is 22.2. The second-order valence-corrected chi connectivity index (χ2v) is 4.61. The number of hydrogen-bond donors (Lipinski definition) is 0. The molecule has 122 valence electrons. The Bertz CT molecular complexity index is 807. The van der Waals surface area contributed by atoms with E-state index >= 15 is 0 Å². The summed E-state index contributed by atoms with van der Waals surface area (Å²) in [5.41, 5.74) is 0.522. The van der Waals surface area contributed by atoms with Crippen LogP contribution in [-0.2, 0) is 16.1 Å². The average molecular weight is 328 g/mol. The molecule has 0 saturated carbocycles. The lowest BCUT2D eigenvalue weighted by Gasteiger charge is -2.05. The van der Waals surface area contributed by atoms with Gasteiger partial charge in [0.1, 0.15) is 12.0 Å². The van der Waals surface area contributed by atoms with Crippen molar-refractivity contribution in [1.82, 2.24) is 10.2 Å². The van der Waals surface area contributed by atoms with E-state index in [1.807, 2.05) is 0 Å². The van der Waals surface area contributed by atoms with Gasteiger partial charge in [-0.1, -0.05) is 0 Å². The number of nitrogens with zero attached hydrogens (tertiary/aromatic N) is 2. The molecule has 0 bridgehead atoms. The Kier molecular flexibility index (Phi) is 4.66. The molecule has 0 saturated heterocycles. The molecule has 0 unspecified atom stereocenters. The Balaban J connectivity index is 1.46. The van der Waals surface area contributed by atoms with Crippen molar-refractivity contribution >= 4 is 12.3 Å². The van der Waals surface area contributed by atoms with E-state index in [4.69, 9.17) is 18.3 Å². The van der Waals surface area contributed by atoms with Gasteiger partial charge in [0, 0.05) is 5.56 Å². The van der Waals surface area contributed by atoms with E-state index in [1.165, 1.54) is 6.26 Å². The molecule has 0 aliphatic rings. The van der Waals surface area contributed by atoms with Crippen LogP contribution in [0.4, 0.5) is 0 Å². The number of rotatable bonds is 7. The lowest BCUT2D eigenvalue weighted by Crippen LogP contribution is -2.14. The molecule has 3 aromatic rings. The fraction of sp³-hybridized carbons (Fsp3) is 0.125. The first-order valence-corrected chi connectivity index (χ1v) is 6.94. The van der Waals surface area contributed by atoms with Crippen LogP contribution in [-0.4, -0.2) is 29.1 Å². The van der Waals surface area contributed by atoms with Crippen LogP contribution >= 0.6 is 0 Å². The number of aldehydes is 1. The van der Waals surface area contributed by atoms with Crippen LogP contribution in [0.25, 0.3) is 11.7 Å². The molecule has 24 heavy (non-hydrogen) atoms. The van der Waals surface area contributed by atoms with Gasteiger partial charge in [-0.25, -0.2) is 4.79 Å². The van der Waals surface area contributed by atoms with Crippen molar-refractivity contribution in [2.75, 3.05) is 6.61 Å². The molecule has 0 aliphatic heterocycles. The van der Waals surface area contributed by atoms with Gasteiger partial charge in [-0.3, -0.25) is 4.79 Å². The van der Waals surface area contributed by atoms with Gasteiger partial charge in [0.05, 0.1) is 6.26 Å². The van der Waals surface area contributed by atoms with E-state index in [9.17, 15) is 9.59 Å². The lowest BCUT2D eigenvalue weighted by atomic mass is 10.2. The van der Waals surface area contributed by atoms with Gasteiger partial charge in [-0.05, 0) is 36.4 Å². The molecule has 2 aromatic heterocycles. The largest absolute Gasteiger partial charge is 0.482 e. The molecule has 0 atom stereocenters. The molecule has 8 heteroatoms. The Morgan fingerprint density at radius 1 is 1.17 bits per heavy atom. The minimum atomic E-state index is -0.591. The Morgan fingerprint density at radius 2 is 2.00 bits per heavy atom. The van der Waals surface area contributed by atoms with Crippen LogP contribution in [0.2, 0.25) is 0 Å². The number of aromatic nitrogens is 2. The van der Waals surface area contributed by atoms with Crippen molar-refractivity contribution in [1.29, 1.82) is 0 Å². The van der Waals surface area contributed by atoms with Gasteiger partial charge in [0.2, 0.25) is 0 Å². The maximum atomic E-state index is 11.6. The fourth-order valence-corrected chi connectivity index (χ4v) is 1.78. The topological polar surface area (TPSA) is 105 Å². The smallest absolute Gasteiger partial charge is 0.344 e. The molecule has 0 spiro atoms. The number of furan rings is 1. The molecular formula is C16H12N2O6. The van der Waals surface area contributed by atoms with Gasteiger partial charge in [0.25, 0.3) is 11.8 Å². The standard InChI is InChI=1S/C16H12N2O6/c19-8-11-3-5-12(6-4-11)22-10-15(20)23-9-14-17-18-16(24-14)13-2-1-7-21-13/h1-8H,9-10H2. The van der Waals surface area contributed by atoms with Gasteiger partial charge >= 0.3 is 5.97 Å². The minimum Gasteiger partial charge on any atom is -0.482 e. The normalized spacial score (nSPS) is 10.3. The zero-order valence-electron chi connectivity index (χ0n) is 12.4. The lowest BCUT2D eigenvalue weighted by molar-refractivity contribution is -0.148. The summed E-state index contributed by atoms with van der Waals surface area (Å²) in [7, 11) is 0. The van der Waals surface area contributed by atoms with Crippen molar-refractivity contribution in [2.45, 2.75) is 6.61 Å². The van der Waals surface area contributed by atoms with E-state index in [0.717, 1.165) is 6.29 Å². The molecule has 2 heterocycles. The highest BCUT2D eigenvalue weighted by Gasteiger charge is 2.13. The molecule has 0 aliphatic carbocycles. The predicted octanol–water partition coefficient (Wildman–Crippen LogP) is 2.26. The maximum Gasteiger partial charge on any atom is 0.344 e. The fourth-order valence-electron chi connectivity index (χ4n) is 1.78. The second kappa shape index (κ2) is 7.23. The Morgan fingerprint density at radius 3 is 2.71 bits per heavy atom. The van der Waals surface area contributed by atoms with Crippen molar-refractivity contribution < 1.29 is 27.9 Å². The van der Waals surface area contributed by atoms with Crippen molar-refractivity contribution in [2.24, 2.45) is 0 Å². The molecule has 0 radical (unpaired) electrons. The summed E-state index contributed by atoms with van der Waals surface area (Å²) in [6, 6.07) is 9.71. The van der Waals surface area contributed by atoms with Crippen molar-refractivity contribution in [3.63, 3.8) is 0 Å². The Hall–Kier alpha value is -3.42. The number of benzene rings is 1. The molecule has 8 nitrogen and oxygen atoms in total. The minimum absolute atomic E-state index is 0.144. The SMILES string of the molecule is O=Cc1ccc(OCC(=O)OCc2nnc(-c3ccco3)o2)cc1. The zero-order valence-corrected chi connectivity index (χ0v) is 12.4. The third-order valence-electron chi connectivity index (χ3n) is 2.93. The van der Waals surface area contributed by atoms with Crippen LogP contribution < -0.4 is 4.74 Å². The highest BCUT2D eigenvalue weighted by molar-refractivity contribution is 5.75. The number of carbonyl (C=O) groups is 2. The summed E-state index contributed by atoms with van der Waals surface area (Å²) in [5, 5.41) is 7.54. The van der Waals surface area contributed by atoms with Crippen LogP contribution in [0.5, 0.6) is 5.75 Å². The van der Waals surface area contributed by atoms with Crippen LogP contribution in [0.3, 0.4) is 0 Å². The van der Waals surface area contributed by atoms with Crippen LogP contribution in [0, 0.1) is 0 Å². The summed E-state index contributed by atoms with van der Waals surface area (Å²) >= 11 is 0. The van der Waals surface area contributed by atoms with E-state index in [0.29, 0.717) is 17.1 Å². The van der Waals surface area contributed by atoms with Gasteiger partial charge in [-0.2, -0.15) is 0 Å². The average Bonchev–Trinajstić information content (AvgIpc) is 3.29. The number of ether oxygens (including phenoxy) is 2. The summed E-state index contributed by atoms with van der Waals surface area (Å²) < 4.78 is 20.6. The van der Waals surface area contributed by atoms with E-state index in [2.05, 4.69) is 10.2 Å². The molecule has 0 amide bonds. The zero-order chi connectivity index (χ0) is 16.8. The highest BCUT2D eigenvalue weighted by Crippen LogP contribution is 2.18.